The lowest BCUT2D eigenvalue weighted by atomic mass is 9.86. The average Bonchev–Trinajstić information content (AvgIpc) is 3.07. The molecule has 1 atom stereocenters. The summed E-state index contributed by atoms with van der Waals surface area (Å²) in [5.41, 5.74) is 0.588. The van der Waals surface area contributed by atoms with Gasteiger partial charge in [0.1, 0.15) is 11.3 Å². The summed E-state index contributed by atoms with van der Waals surface area (Å²) in [5.74, 6) is 0.477. The summed E-state index contributed by atoms with van der Waals surface area (Å²) in [6.45, 7) is 2.72. The number of anilines is 1. The highest BCUT2D eigenvalue weighted by atomic mass is 16.3. The minimum absolute atomic E-state index is 0.0252. The van der Waals surface area contributed by atoms with Crippen molar-refractivity contribution in [2.24, 2.45) is 0 Å². The van der Waals surface area contributed by atoms with Crippen LogP contribution in [0.2, 0.25) is 0 Å². The fraction of sp³-hybridized carbons (Fsp3) is 0.400. The Morgan fingerprint density at radius 1 is 1.19 bits per heavy atom. The van der Waals surface area contributed by atoms with Crippen molar-refractivity contribution in [2.75, 3.05) is 32.5 Å². The molecular formula is C20H25N3O3. The monoisotopic (exact) mass is 355 g/mol. The zero-order valence-corrected chi connectivity index (χ0v) is 15.5. The largest absolute Gasteiger partial charge is 0.469 e. The van der Waals surface area contributed by atoms with Gasteiger partial charge in [0.25, 0.3) is 5.91 Å². The van der Waals surface area contributed by atoms with E-state index < -0.39 is 5.54 Å². The molecule has 6 heteroatoms. The van der Waals surface area contributed by atoms with Gasteiger partial charge in [-0.1, -0.05) is 18.2 Å². The highest BCUT2D eigenvalue weighted by Crippen LogP contribution is 2.29. The molecule has 1 aromatic heterocycles. The van der Waals surface area contributed by atoms with Crippen LogP contribution in [0.3, 0.4) is 0 Å². The number of nitrogens with zero attached hydrogens (tertiary/aromatic N) is 2. The molecule has 0 aliphatic carbocycles. The van der Waals surface area contributed by atoms with E-state index in [1.165, 1.54) is 6.26 Å². The van der Waals surface area contributed by atoms with Crippen LogP contribution >= 0.6 is 0 Å². The Morgan fingerprint density at radius 2 is 1.92 bits per heavy atom. The number of benzene rings is 1. The second-order valence-corrected chi connectivity index (χ2v) is 6.99. The van der Waals surface area contributed by atoms with E-state index in [-0.39, 0.29) is 11.8 Å². The van der Waals surface area contributed by atoms with E-state index in [0.717, 1.165) is 12.1 Å². The Hall–Kier alpha value is -2.76. The first-order chi connectivity index (χ1) is 12.4. The molecule has 138 valence electrons. The molecule has 26 heavy (non-hydrogen) atoms. The van der Waals surface area contributed by atoms with Gasteiger partial charge in [-0.3, -0.25) is 9.59 Å². The summed E-state index contributed by atoms with van der Waals surface area (Å²) in [5, 5.41) is 3.41. The molecule has 1 N–H and O–H groups in total. The van der Waals surface area contributed by atoms with E-state index in [1.54, 1.807) is 36.9 Å². The van der Waals surface area contributed by atoms with Crippen LogP contribution < -0.4 is 5.32 Å². The highest BCUT2D eigenvalue weighted by molar-refractivity contribution is 5.97. The number of nitrogens with one attached hydrogen (secondary N) is 1. The minimum atomic E-state index is -0.837. The lowest BCUT2D eigenvalue weighted by Gasteiger charge is -2.43. The zero-order chi connectivity index (χ0) is 18.7. The maximum Gasteiger partial charge on any atom is 0.257 e. The smallest absolute Gasteiger partial charge is 0.257 e. The molecule has 1 fully saturated rings. The summed E-state index contributed by atoms with van der Waals surface area (Å²) in [6, 6.07) is 11.3. The molecule has 2 aromatic rings. The summed E-state index contributed by atoms with van der Waals surface area (Å²) in [6.07, 6.45) is 2.95. The van der Waals surface area contributed by atoms with Gasteiger partial charge >= 0.3 is 0 Å². The number of aryl methyl sites for hydroxylation is 1. The van der Waals surface area contributed by atoms with E-state index in [4.69, 9.17) is 4.42 Å². The van der Waals surface area contributed by atoms with E-state index in [2.05, 4.69) is 5.32 Å². The summed E-state index contributed by atoms with van der Waals surface area (Å²) in [4.78, 5) is 29.3. The quantitative estimate of drug-likeness (QED) is 0.916. The Balaban J connectivity index is 1.90. The first-order valence-electron chi connectivity index (χ1n) is 8.81. The highest BCUT2D eigenvalue weighted by Gasteiger charge is 2.44. The standard InChI is InChI=1S/C20H25N3O3/c1-15-17(10-13-26-15)18(24)23-12-7-11-20(14-23,19(25)22(2)3)21-16-8-5-4-6-9-16/h4-6,8-10,13,21H,7,11-12,14H2,1-3H3. The summed E-state index contributed by atoms with van der Waals surface area (Å²) in [7, 11) is 3.50. The molecule has 0 spiro atoms. The molecule has 1 aliphatic heterocycles. The van der Waals surface area contributed by atoms with Crippen molar-refractivity contribution >= 4 is 17.5 Å². The van der Waals surface area contributed by atoms with Crippen LogP contribution in [0.15, 0.2) is 47.1 Å². The lowest BCUT2D eigenvalue weighted by Crippen LogP contribution is -2.62. The van der Waals surface area contributed by atoms with Gasteiger partial charge in [-0.25, -0.2) is 0 Å². The van der Waals surface area contributed by atoms with Crippen LogP contribution in [0.1, 0.15) is 29.0 Å². The number of carbonyl (C=O) groups excluding carboxylic acids is 2. The number of para-hydroxylation sites is 1. The van der Waals surface area contributed by atoms with Crippen molar-refractivity contribution in [1.82, 2.24) is 9.80 Å². The van der Waals surface area contributed by atoms with Crippen LogP contribution in [-0.4, -0.2) is 54.3 Å². The van der Waals surface area contributed by atoms with Crippen molar-refractivity contribution in [3.63, 3.8) is 0 Å². The number of likely N-dealkylation sites (N-methyl/N-ethyl adjacent to an activating group) is 1. The Labute approximate surface area is 153 Å². The van der Waals surface area contributed by atoms with Gasteiger partial charge < -0.3 is 19.5 Å². The maximum atomic E-state index is 13.1. The number of likely N-dealkylation sites (tertiary alicyclic amines) is 1. The van der Waals surface area contributed by atoms with Crippen LogP contribution in [0.4, 0.5) is 5.69 Å². The topological polar surface area (TPSA) is 65.8 Å². The number of amides is 2. The third kappa shape index (κ3) is 3.45. The lowest BCUT2D eigenvalue weighted by molar-refractivity contribution is -0.135. The van der Waals surface area contributed by atoms with Gasteiger partial charge in [-0.15, -0.1) is 0 Å². The number of rotatable bonds is 4. The SMILES string of the molecule is Cc1occc1C(=O)N1CCCC(Nc2ccccc2)(C(=O)N(C)C)C1. The summed E-state index contributed by atoms with van der Waals surface area (Å²) < 4.78 is 5.27. The molecule has 3 rings (SSSR count). The van der Waals surface area contributed by atoms with Crippen molar-refractivity contribution in [2.45, 2.75) is 25.3 Å². The molecule has 0 saturated carbocycles. The predicted molar refractivity (Wildman–Crippen MR) is 100 cm³/mol. The van der Waals surface area contributed by atoms with Gasteiger partial charge in [0.05, 0.1) is 18.4 Å². The van der Waals surface area contributed by atoms with Gasteiger partial charge in [-0.05, 0) is 38.0 Å². The molecule has 0 radical (unpaired) electrons. The van der Waals surface area contributed by atoms with Crippen LogP contribution in [0.25, 0.3) is 0 Å². The normalized spacial score (nSPS) is 19.9. The first kappa shape index (κ1) is 18.0. The number of piperidine rings is 1. The number of furan rings is 1. The van der Waals surface area contributed by atoms with Gasteiger partial charge in [0.15, 0.2) is 0 Å². The predicted octanol–water partition coefficient (Wildman–Crippen LogP) is 2.76. The van der Waals surface area contributed by atoms with Crippen LogP contribution in [-0.2, 0) is 4.79 Å². The van der Waals surface area contributed by atoms with Crippen molar-refractivity contribution < 1.29 is 14.0 Å². The number of hydrogen-bond donors (Lipinski definition) is 1. The molecular weight excluding hydrogens is 330 g/mol. The van der Waals surface area contributed by atoms with E-state index in [1.807, 2.05) is 30.3 Å². The van der Waals surface area contributed by atoms with Crippen LogP contribution in [0, 0.1) is 6.92 Å². The Bertz CT molecular complexity index is 785. The maximum absolute atomic E-state index is 13.1. The van der Waals surface area contributed by atoms with Crippen molar-refractivity contribution in [3.05, 3.63) is 54.0 Å². The third-order valence-electron chi connectivity index (χ3n) is 4.84. The number of carbonyl (C=O) groups is 2. The zero-order valence-electron chi connectivity index (χ0n) is 15.5. The van der Waals surface area contributed by atoms with Gasteiger partial charge in [0, 0.05) is 26.3 Å². The van der Waals surface area contributed by atoms with Crippen molar-refractivity contribution in [1.29, 1.82) is 0 Å². The first-order valence-corrected chi connectivity index (χ1v) is 8.81. The Kier molecular flexibility index (Phi) is 5.02. The minimum Gasteiger partial charge on any atom is -0.469 e. The molecule has 1 unspecified atom stereocenters. The Morgan fingerprint density at radius 3 is 2.54 bits per heavy atom. The number of hydrogen-bond acceptors (Lipinski definition) is 4. The molecule has 2 amide bonds. The molecule has 6 nitrogen and oxygen atoms in total. The molecule has 1 aliphatic rings. The fourth-order valence-electron chi connectivity index (χ4n) is 3.56. The molecule has 2 heterocycles. The second kappa shape index (κ2) is 7.23. The van der Waals surface area contributed by atoms with Gasteiger partial charge in [-0.2, -0.15) is 0 Å². The van der Waals surface area contributed by atoms with Crippen LogP contribution in [0.5, 0.6) is 0 Å². The van der Waals surface area contributed by atoms with Gasteiger partial charge in [0.2, 0.25) is 5.91 Å². The van der Waals surface area contributed by atoms with E-state index in [9.17, 15) is 9.59 Å². The average molecular weight is 355 g/mol. The van der Waals surface area contributed by atoms with Crippen molar-refractivity contribution in [3.8, 4) is 0 Å². The molecule has 1 saturated heterocycles. The van der Waals surface area contributed by atoms with E-state index >= 15 is 0 Å². The molecule has 1 aromatic carbocycles. The summed E-state index contributed by atoms with van der Waals surface area (Å²) >= 11 is 0. The second-order valence-electron chi connectivity index (χ2n) is 6.99. The van der Waals surface area contributed by atoms with E-state index in [0.29, 0.717) is 30.8 Å². The molecule has 0 bridgehead atoms. The fourth-order valence-corrected chi connectivity index (χ4v) is 3.56. The third-order valence-corrected chi connectivity index (χ3v) is 4.84.